The average molecular weight is 270 g/mol. The van der Waals surface area contributed by atoms with Crippen LogP contribution in [0.15, 0.2) is 0 Å². The van der Waals surface area contributed by atoms with Crippen LogP contribution < -0.4 is 5.32 Å². The van der Waals surface area contributed by atoms with E-state index in [0.717, 1.165) is 25.8 Å². The second kappa shape index (κ2) is 7.36. The Bertz CT molecular complexity index is 320. The van der Waals surface area contributed by atoms with E-state index in [2.05, 4.69) is 19.2 Å². The Morgan fingerprint density at radius 3 is 2.63 bits per heavy atom. The molecule has 1 rings (SSSR count). The van der Waals surface area contributed by atoms with E-state index in [1.165, 1.54) is 0 Å². The molecule has 1 aliphatic heterocycles. The van der Waals surface area contributed by atoms with E-state index in [0.29, 0.717) is 12.3 Å². The van der Waals surface area contributed by atoms with Gasteiger partial charge in [-0.1, -0.05) is 20.3 Å². The molecule has 19 heavy (non-hydrogen) atoms. The van der Waals surface area contributed by atoms with E-state index in [9.17, 15) is 9.59 Å². The number of rotatable bonds is 5. The maximum atomic E-state index is 12.2. The van der Waals surface area contributed by atoms with Gasteiger partial charge in [0.25, 0.3) is 0 Å². The zero-order valence-electron chi connectivity index (χ0n) is 12.2. The van der Waals surface area contributed by atoms with Crippen LogP contribution in [0.3, 0.4) is 0 Å². The fourth-order valence-corrected chi connectivity index (χ4v) is 2.61. The van der Waals surface area contributed by atoms with Crippen molar-refractivity contribution in [3.63, 3.8) is 0 Å². The van der Waals surface area contributed by atoms with Crippen LogP contribution in [0.1, 0.15) is 52.9 Å². The maximum Gasteiger partial charge on any atom is 0.317 e. The Labute approximate surface area is 115 Å². The Hall–Kier alpha value is -1.26. The Morgan fingerprint density at radius 2 is 2.05 bits per heavy atom. The first-order chi connectivity index (χ1) is 8.93. The van der Waals surface area contributed by atoms with Crippen LogP contribution in [0.5, 0.6) is 0 Å². The highest BCUT2D eigenvalue weighted by atomic mass is 16.4. The molecule has 0 aromatic rings. The molecule has 1 aliphatic rings. The van der Waals surface area contributed by atoms with Crippen molar-refractivity contribution in [1.29, 1.82) is 0 Å². The van der Waals surface area contributed by atoms with Gasteiger partial charge in [0, 0.05) is 18.6 Å². The van der Waals surface area contributed by atoms with E-state index < -0.39 is 5.97 Å². The molecule has 1 fully saturated rings. The average Bonchev–Trinajstić information content (AvgIpc) is 2.31. The van der Waals surface area contributed by atoms with Crippen molar-refractivity contribution in [3.8, 4) is 0 Å². The fraction of sp³-hybridized carbons (Fsp3) is 0.857. The number of carbonyl (C=O) groups excluding carboxylic acids is 1. The molecule has 110 valence electrons. The number of hydrogen-bond donors (Lipinski definition) is 2. The molecule has 0 aromatic heterocycles. The molecule has 0 aliphatic carbocycles. The fourth-order valence-electron chi connectivity index (χ4n) is 2.61. The SMILES string of the molecule is CCCC(CC(=O)O)NC(=O)N1CC(C)CCC1C. The number of urea groups is 1. The number of nitrogens with one attached hydrogen (secondary N) is 1. The summed E-state index contributed by atoms with van der Waals surface area (Å²) in [5.74, 6) is -0.343. The molecule has 2 amide bonds. The zero-order chi connectivity index (χ0) is 14.4. The minimum absolute atomic E-state index is 0.00262. The zero-order valence-corrected chi connectivity index (χ0v) is 12.2. The van der Waals surface area contributed by atoms with Crippen LogP contribution in [0.2, 0.25) is 0 Å². The number of carbonyl (C=O) groups is 2. The summed E-state index contributed by atoms with van der Waals surface area (Å²) in [6.07, 6.45) is 3.74. The van der Waals surface area contributed by atoms with E-state index in [1.807, 2.05) is 11.8 Å². The van der Waals surface area contributed by atoms with Gasteiger partial charge in [-0.2, -0.15) is 0 Å². The lowest BCUT2D eigenvalue weighted by Gasteiger charge is -2.37. The van der Waals surface area contributed by atoms with Gasteiger partial charge >= 0.3 is 12.0 Å². The third-order valence-corrected chi connectivity index (χ3v) is 3.76. The molecule has 0 radical (unpaired) electrons. The highest BCUT2D eigenvalue weighted by Crippen LogP contribution is 2.21. The topological polar surface area (TPSA) is 69.6 Å². The molecule has 5 nitrogen and oxygen atoms in total. The summed E-state index contributed by atoms with van der Waals surface area (Å²) in [5, 5.41) is 11.7. The van der Waals surface area contributed by atoms with Crippen molar-refractivity contribution in [2.75, 3.05) is 6.54 Å². The van der Waals surface area contributed by atoms with Gasteiger partial charge in [0.05, 0.1) is 6.42 Å². The smallest absolute Gasteiger partial charge is 0.317 e. The van der Waals surface area contributed by atoms with Crippen molar-refractivity contribution >= 4 is 12.0 Å². The normalized spacial score (nSPS) is 24.9. The van der Waals surface area contributed by atoms with Crippen LogP contribution in [-0.4, -0.2) is 40.6 Å². The third-order valence-electron chi connectivity index (χ3n) is 3.76. The van der Waals surface area contributed by atoms with Gasteiger partial charge in [-0.25, -0.2) is 4.79 Å². The van der Waals surface area contributed by atoms with Crippen molar-refractivity contribution in [2.24, 2.45) is 5.92 Å². The lowest BCUT2D eigenvalue weighted by molar-refractivity contribution is -0.137. The van der Waals surface area contributed by atoms with Gasteiger partial charge in [0.1, 0.15) is 0 Å². The molecular weight excluding hydrogens is 244 g/mol. The summed E-state index contributed by atoms with van der Waals surface area (Å²) in [7, 11) is 0. The largest absolute Gasteiger partial charge is 0.481 e. The van der Waals surface area contributed by atoms with Crippen molar-refractivity contribution in [1.82, 2.24) is 10.2 Å². The highest BCUT2D eigenvalue weighted by Gasteiger charge is 2.28. The molecule has 0 saturated carbocycles. The summed E-state index contributed by atoms with van der Waals surface area (Å²) >= 11 is 0. The quantitative estimate of drug-likeness (QED) is 0.806. The van der Waals surface area contributed by atoms with Crippen LogP contribution in [0.25, 0.3) is 0 Å². The van der Waals surface area contributed by atoms with Gasteiger partial charge in [-0.3, -0.25) is 4.79 Å². The van der Waals surface area contributed by atoms with Crippen LogP contribution in [-0.2, 0) is 4.79 Å². The number of aliphatic carboxylic acids is 1. The Morgan fingerprint density at radius 1 is 1.37 bits per heavy atom. The van der Waals surface area contributed by atoms with Crippen LogP contribution >= 0.6 is 0 Å². The first kappa shape index (κ1) is 15.8. The predicted molar refractivity (Wildman–Crippen MR) is 74.0 cm³/mol. The van der Waals surface area contributed by atoms with E-state index >= 15 is 0 Å². The van der Waals surface area contributed by atoms with E-state index in [-0.39, 0.29) is 24.5 Å². The standard InChI is InChI=1S/C14H26N2O3/c1-4-5-12(8-13(17)18)15-14(19)16-9-10(2)6-7-11(16)3/h10-12H,4-9H2,1-3H3,(H,15,19)(H,17,18). The monoisotopic (exact) mass is 270 g/mol. The van der Waals surface area contributed by atoms with Crippen LogP contribution in [0.4, 0.5) is 4.79 Å². The number of piperidine rings is 1. The lowest BCUT2D eigenvalue weighted by Crippen LogP contribution is -2.52. The summed E-state index contributed by atoms with van der Waals surface area (Å²) in [4.78, 5) is 24.9. The highest BCUT2D eigenvalue weighted by molar-refractivity contribution is 5.76. The van der Waals surface area contributed by atoms with Gasteiger partial charge in [-0.15, -0.1) is 0 Å². The minimum atomic E-state index is -0.862. The molecule has 5 heteroatoms. The molecule has 0 spiro atoms. The Balaban J connectivity index is 2.56. The molecule has 3 atom stereocenters. The summed E-state index contributed by atoms with van der Waals surface area (Å²) < 4.78 is 0. The molecule has 2 N–H and O–H groups in total. The van der Waals surface area contributed by atoms with Gasteiger partial charge in [0.15, 0.2) is 0 Å². The van der Waals surface area contributed by atoms with Crippen molar-refractivity contribution in [3.05, 3.63) is 0 Å². The third kappa shape index (κ3) is 5.09. The summed E-state index contributed by atoms with van der Waals surface area (Å²) in [5.41, 5.74) is 0. The predicted octanol–water partition coefficient (Wildman–Crippen LogP) is 2.46. The van der Waals surface area contributed by atoms with E-state index in [4.69, 9.17) is 5.11 Å². The molecule has 0 bridgehead atoms. The van der Waals surface area contributed by atoms with E-state index in [1.54, 1.807) is 0 Å². The van der Waals surface area contributed by atoms with Crippen molar-refractivity contribution < 1.29 is 14.7 Å². The number of likely N-dealkylation sites (tertiary alicyclic amines) is 1. The lowest BCUT2D eigenvalue weighted by atomic mass is 9.95. The second-order valence-electron chi connectivity index (χ2n) is 5.72. The first-order valence-corrected chi connectivity index (χ1v) is 7.23. The van der Waals surface area contributed by atoms with Gasteiger partial charge in [0.2, 0.25) is 0 Å². The summed E-state index contributed by atoms with van der Waals surface area (Å²) in [6, 6.07) is -0.138. The Kier molecular flexibility index (Phi) is 6.12. The van der Waals surface area contributed by atoms with Crippen molar-refractivity contribution in [2.45, 2.75) is 65.0 Å². The van der Waals surface area contributed by atoms with Gasteiger partial charge in [-0.05, 0) is 32.1 Å². The second-order valence-corrected chi connectivity index (χ2v) is 5.72. The number of nitrogens with zero attached hydrogens (tertiary/aromatic N) is 1. The minimum Gasteiger partial charge on any atom is -0.481 e. The molecule has 0 aromatic carbocycles. The number of carboxylic acid groups (broad SMARTS) is 1. The van der Waals surface area contributed by atoms with Crippen LogP contribution in [0, 0.1) is 5.92 Å². The molecule has 1 saturated heterocycles. The van der Waals surface area contributed by atoms with Gasteiger partial charge < -0.3 is 15.3 Å². The molecule has 1 heterocycles. The molecular formula is C14H26N2O3. The number of hydrogen-bond acceptors (Lipinski definition) is 2. The number of amides is 2. The summed E-state index contributed by atoms with van der Waals surface area (Å²) in [6.45, 7) is 6.95. The first-order valence-electron chi connectivity index (χ1n) is 7.23. The number of carboxylic acids is 1. The molecule has 3 unspecified atom stereocenters. The maximum absolute atomic E-state index is 12.2.